The van der Waals surface area contributed by atoms with E-state index in [0.717, 1.165) is 27.6 Å². The second-order valence-corrected chi connectivity index (χ2v) is 8.32. The molecule has 4 aromatic heterocycles. The summed E-state index contributed by atoms with van der Waals surface area (Å²) in [6.07, 6.45) is -3.97. The Labute approximate surface area is 203 Å². The molecule has 184 valence electrons. The summed E-state index contributed by atoms with van der Waals surface area (Å²) < 4.78 is 42.6. The zero-order valence-corrected chi connectivity index (χ0v) is 19.5. The number of aromatic nitrogens is 7. The Kier molecular flexibility index (Phi) is 5.67. The number of hydrogen-bond acceptors (Lipinski definition) is 7. The standard InChI is InChI=1S/C24H21F3N8O/c1-13-4-8-21(32-31-13)29-15-5-7-18-17(10-15)28-12-35(18)22-9-6-16(14(2)36)23(30-22)19-11-20(24(25,26)27)33-34(19)3/h4-12,14,36H,1-3H3,(H,29,32). The fourth-order valence-electron chi connectivity index (χ4n) is 3.85. The lowest BCUT2D eigenvalue weighted by molar-refractivity contribution is -0.141. The molecule has 2 N–H and O–H groups in total. The topological polar surface area (TPSA) is 107 Å². The molecule has 0 saturated carbocycles. The van der Waals surface area contributed by atoms with Crippen molar-refractivity contribution in [1.29, 1.82) is 0 Å². The van der Waals surface area contributed by atoms with E-state index in [1.54, 1.807) is 23.0 Å². The predicted octanol–water partition coefficient (Wildman–Crippen LogP) is 4.74. The number of fused-ring (bicyclic) bond motifs is 1. The highest BCUT2D eigenvalue weighted by Gasteiger charge is 2.35. The minimum absolute atomic E-state index is 0.134. The van der Waals surface area contributed by atoms with Crippen molar-refractivity contribution in [2.24, 2.45) is 7.05 Å². The maximum atomic E-state index is 13.3. The van der Waals surface area contributed by atoms with Gasteiger partial charge in [-0.05, 0) is 56.3 Å². The molecule has 9 nitrogen and oxygen atoms in total. The number of imidazole rings is 1. The number of aliphatic hydroxyl groups excluding tert-OH is 1. The van der Waals surface area contributed by atoms with E-state index in [0.29, 0.717) is 22.7 Å². The first-order chi connectivity index (χ1) is 17.1. The van der Waals surface area contributed by atoms with Crippen LogP contribution < -0.4 is 5.32 Å². The Morgan fingerprint density at radius 2 is 1.83 bits per heavy atom. The van der Waals surface area contributed by atoms with Gasteiger partial charge in [-0.15, -0.1) is 5.10 Å². The van der Waals surface area contributed by atoms with Gasteiger partial charge in [0, 0.05) is 18.3 Å². The monoisotopic (exact) mass is 494 g/mol. The van der Waals surface area contributed by atoms with Gasteiger partial charge in [-0.2, -0.15) is 23.4 Å². The molecule has 36 heavy (non-hydrogen) atoms. The van der Waals surface area contributed by atoms with Crippen molar-refractivity contribution >= 4 is 22.5 Å². The molecule has 4 heterocycles. The van der Waals surface area contributed by atoms with Gasteiger partial charge in [0.25, 0.3) is 0 Å². The quantitative estimate of drug-likeness (QED) is 0.364. The molecule has 0 aliphatic carbocycles. The SMILES string of the molecule is Cc1ccc(Nc2ccc3c(c2)ncn3-c2ccc(C(C)O)c(-c3cc(C(F)(F)F)nn3C)n2)nn1. The lowest BCUT2D eigenvalue weighted by atomic mass is 10.1. The lowest BCUT2D eigenvalue weighted by Crippen LogP contribution is -2.07. The fraction of sp³-hybridized carbons (Fsp3) is 0.208. The average molecular weight is 494 g/mol. The van der Waals surface area contributed by atoms with Crippen LogP contribution in [0.1, 0.15) is 30.0 Å². The van der Waals surface area contributed by atoms with Gasteiger partial charge in [-0.25, -0.2) is 9.97 Å². The van der Waals surface area contributed by atoms with Gasteiger partial charge < -0.3 is 10.4 Å². The molecule has 0 fully saturated rings. The van der Waals surface area contributed by atoms with Crippen molar-refractivity contribution in [2.75, 3.05) is 5.32 Å². The van der Waals surface area contributed by atoms with E-state index in [-0.39, 0.29) is 11.4 Å². The van der Waals surface area contributed by atoms with Crippen molar-refractivity contribution in [3.05, 3.63) is 71.8 Å². The van der Waals surface area contributed by atoms with Gasteiger partial charge in [0.05, 0.1) is 34.2 Å². The summed E-state index contributed by atoms with van der Waals surface area (Å²) in [6.45, 7) is 3.38. The minimum Gasteiger partial charge on any atom is -0.389 e. The predicted molar refractivity (Wildman–Crippen MR) is 127 cm³/mol. The summed E-state index contributed by atoms with van der Waals surface area (Å²) in [5, 5.41) is 25.1. The van der Waals surface area contributed by atoms with Crippen molar-refractivity contribution in [3.8, 4) is 17.2 Å². The van der Waals surface area contributed by atoms with E-state index >= 15 is 0 Å². The van der Waals surface area contributed by atoms with Gasteiger partial charge >= 0.3 is 6.18 Å². The summed E-state index contributed by atoms with van der Waals surface area (Å²) in [6, 6.07) is 13.5. The number of alkyl halides is 3. The molecular formula is C24H21F3N8O. The second kappa shape index (κ2) is 8.72. The molecule has 0 aliphatic rings. The van der Waals surface area contributed by atoms with Crippen LogP contribution in [0.2, 0.25) is 0 Å². The van der Waals surface area contributed by atoms with Crippen LogP contribution in [0.15, 0.2) is 54.9 Å². The highest BCUT2D eigenvalue weighted by molar-refractivity contribution is 5.82. The number of pyridine rings is 1. The van der Waals surface area contributed by atoms with E-state index in [1.807, 2.05) is 37.3 Å². The first-order valence-electron chi connectivity index (χ1n) is 11.0. The summed E-state index contributed by atoms with van der Waals surface area (Å²) in [5.41, 5.74) is 2.66. The van der Waals surface area contributed by atoms with Crippen LogP contribution in [-0.4, -0.2) is 39.6 Å². The molecule has 0 aliphatic heterocycles. The van der Waals surface area contributed by atoms with Crippen LogP contribution in [0.4, 0.5) is 24.7 Å². The van der Waals surface area contributed by atoms with Gasteiger partial charge in [0.15, 0.2) is 11.5 Å². The summed E-state index contributed by atoms with van der Waals surface area (Å²) in [5.74, 6) is 1.02. The van der Waals surface area contributed by atoms with Crippen LogP contribution in [-0.2, 0) is 13.2 Å². The van der Waals surface area contributed by atoms with Crippen molar-refractivity contribution < 1.29 is 18.3 Å². The highest BCUT2D eigenvalue weighted by atomic mass is 19.4. The van der Waals surface area contributed by atoms with Crippen LogP contribution in [0.25, 0.3) is 28.2 Å². The van der Waals surface area contributed by atoms with Crippen LogP contribution in [0.5, 0.6) is 0 Å². The minimum atomic E-state index is -4.60. The molecule has 1 aromatic carbocycles. The van der Waals surface area contributed by atoms with Crippen LogP contribution in [0, 0.1) is 6.92 Å². The molecule has 1 unspecified atom stereocenters. The Balaban J connectivity index is 1.55. The second-order valence-electron chi connectivity index (χ2n) is 8.32. The van der Waals surface area contributed by atoms with E-state index in [4.69, 9.17) is 0 Å². The number of benzene rings is 1. The first-order valence-corrected chi connectivity index (χ1v) is 11.0. The van der Waals surface area contributed by atoms with Crippen molar-refractivity contribution in [3.63, 3.8) is 0 Å². The maximum absolute atomic E-state index is 13.3. The van der Waals surface area contributed by atoms with E-state index in [9.17, 15) is 18.3 Å². The molecule has 0 radical (unpaired) electrons. The van der Waals surface area contributed by atoms with E-state index in [2.05, 4.69) is 30.6 Å². The Hall–Kier alpha value is -4.32. The number of nitrogens with zero attached hydrogens (tertiary/aromatic N) is 7. The number of hydrogen-bond donors (Lipinski definition) is 2. The summed E-state index contributed by atoms with van der Waals surface area (Å²) in [7, 11) is 1.41. The largest absolute Gasteiger partial charge is 0.435 e. The van der Waals surface area contributed by atoms with Gasteiger partial charge in [-0.1, -0.05) is 6.07 Å². The molecule has 0 spiro atoms. The van der Waals surface area contributed by atoms with E-state index < -0.39 is 18.0 Å². The molecule has 5 rings (SSSR count). The molecular weight excluding hydrogens is 473 g/mol. The molecule has 0 amide bonds. The van der Waals surface area contributed by atoms with Crippen molar-refractivity contribution in [2.45, 2.75) is 26.1 Å². The number of nitrogens with one attached hydrogen (secondary N) is 1. The van der Waals surface area contributed by atoms with Gasteiger partial charge in [0.1, 0.15) is 12.1 Å². The molecule has 0 saturated heterocycles. The van der Waals surface area contributed by atoms with Crippen molar-refractivity contribution in [1.82, 2.24) is 34.5 Å². The summed E-state index contributed by atoms with van der Waals surface area (Å²) >= 11 is 0. The number of rotatable bonds is 5. The lowest BCUT2D eigenvalue weighted by Gasteiger charge is -2.14. The smallest absolute Gasteiger partial charge is 0.389 e. The number of aliphatic hydroxyl groups is 1. The molecule has 12 heteroatoms. The van der Waals surface area contributed by atoms with Crippen LogP contribution in [0.3, 0.4) is 0 Å². The highest BCUT2D eigenvalue weighted by Crippen LogP contribution is 2.34. The van der Waals surface area contributed by atoms with E-state index in [1.165, 1.54) is 14.0 Å². The number of anilines is 2. The Morgan fingerprint density at radius 3 is 2.50 bits per heavy atom. The summed E-state index contributed by atoms with van der Waals surface area (Å²) in [4.78, 5) is 9.07. The maximum Gasteiger partial charge on any atom is 0.435 e. The fourth-order valence-corrected chi connectivity index (χ4v) is 3.85. The third kappa shape index (κ3) is 4.38. The third-order valence-corrected chi connectivity index (χ3v) is 5.64. The zero-order valence-electron chi connectivity index (χ0n) is 19.5. The first kappa shape index (κ1) is 23.4. The van der Waals surface area contributed by atoms with Crippen LogP contribution >= 0.6 is 0 Å². The molecule has 1 atom stereocenters. The molecule has 5 aromatic rings. The number of aryl methyl sites for hydroxylation is 2. The average Bonchev–Trinajstić information content (AvgIpc) is 3.43. The molecule has 0 bridgehead atoms. The Morgan fingerprint density at radius 1 is 1.03 bits per heavy atom. The zero-order chi connectivity index (χ0) is 25.6. The normalized spacial score (nSPS) is 12.8. The third-order valence-electron chi connectivity index (χ3n) is 5.64. The van der Waals surface area contributed by atoms with Gasteiger partial charge in [-0.3, -0.25) is 9.25 Å². The number of halogens is 3. The Bertz CT molecular complexity index is 1550. The van der Waals surface area contributed by atoms with Gasteiger partial charge in [0.2, 0.25) is 0 Å².